The summed E-state index contributed by atoms with van der Waals surface area (Å²) in [6.45, 7) is 4.09. The molecule has 0 bridgehead atoms. The van der Waals surface area contributed by atoms with Gasteiger partial charge in [-0.05, 0) is 92.4 Å². The second-order valence-electron chi connectivity index (χ2n) is 14.2. The fraction of sp³-hybridized carbons (Fsp3) is 0.286. The molecule has 1 amide bonds. The third-order valence-corrected chi connectivity index (χ3v) is 11.0. The van der Waals surface area contributed by atoms with E-state index in [9.17, 15) is 9.90 Å². The highest BCUT2D eigenvalue weighted by Crippen LogP contribution is 2.44. The van der Waals surface area contributed by atoms with Crippen LogP contribution in [0, 0.1) is 5.92 Å². The number of benzene rings is 3. The first kappa shape index (κ1) is 37.9. The number of allylic oxidation sites excluding steroid dienone is 2. The minimum Gasteiger partial charge on any atom is -0.365 e. The van der Waals surface area contributed by atoms with Crippen LogP contribution in [0.1, 0.15) is 53.4 Å². The molecule has 4 heterocycles. The number of pyridine rings is 1. The lowest BCUT2D eigenvalue weighted by Gasteiger charge is -2.36. The van der Waals surface area contributed by atoms with Crippen molar-refractivity contribution in [3.05, 3.63) is 135 Å². The molecule has 12 heteroatoms. The Morgan fingerprint density at radius 1 is 1.00 bits per heavy atom. The average Bonchev–Trinajstić information content (AvgIpc) is 3.45. The van der Waals surface area contributed by atoms with Gasteiger partial charge in [0.15, 0.2) is 12.2 Å². The number of nitrogens with zero attached hydrogens (tertiary/aromatic N) is 4. The molecule has 7 rings (SSSR count). The van der Waals surface area contributed by atoms with Crippen LogP contribution in [0.15, 0.2) is 97.3 Å². The molecule has 1 saturated heterocycles. The van der Waals surface area contributed by atoms with E-state index in [0.717, 1.165) is 58.1 Å². The number of H-pyrrole nitrogens is 1. The van der Waals surface area contributed by atoms with Crippen LogP contribution in [0.5, 0.6) is 0 Å². The van der Waals surface area contributed by atoms with Crippen LogP contribution in [-0.2, 0) is 6.54 Å². The topological polar surface area (TPSA) is 99.8 Å². The molecule has 1 fully saturated rings. The highest BCUT2D eigenvalue weighted by atomic mass is 35.5. The molecule has 4 N–H and O–H groups in total. The van der Waals surface area contributed by atoms with Crippen LogP contribution in [0.2, 0.25) is 15.1 Å². The van der Waals surface area contributed by atoms with E-state index in [-0.39, 0.29) is 17.9 Å². The van der Waals surface area contributed by atoms with E-state index in [4.69, 9.17) is 39.8 Å². The highest BCUT2D eigenvalue weighted by Gasteiger charge is 2.31. The van der Waals surface area contributed by atoms with Crippen molar-refractivity contribution < 1.29 is 9.90 Å². The molecule has 5 aromatic rings. The predicted octanol–water partition coefficient (Wildman–Crippen LogP) is 9.10. The number of amides is 1. The first-order valence-electron chi connectivity index (χ1n) is 18.2. The van der Waals surface area contributed by atoms with Crippen LogP contribution in [0.3, 0.4) is 0 Å². The summed E-state index contributed by atoms with van der Waals surface area (Å²) in [7, 11) is 3.67. The van der Waals surface area contributed by atoms with Gasteiger partial charge in [-0.25, -0.2) is 4.98 Å². The lowest BCUT2D eigenvalue weighted by Crippen LogP contribution is -2.51. The average molecular weight is 785 g/mol. The molecule has 0 spiro atoms. The number of aliphatic hydroxyl groups excluding tert-OH is 1. The Kier molecular flexibility index (Phi) is 11.6. The fourth-order valence-electron chi connectivity index (χ4n) is 7.39. The minimum absolute atomic E-state index is 0.110. The largest absolute Gasteiger partial charge is 0.365 e. The SMILES string of the molecule is CC1CC=CN(Cc2ccc(Cl)cc2Cl)C(c2c(C(=O)Nc3cccnc3N3CCC(NC(O)N(C)C)CC3)[nH]c3cc(Cl)ccc23)=C1c1ccccc1. The quantitative estimate of drug-likeness (QED) is 0.105. The van der Waals surface area contributed by atoms with Gasteiger partial charge in [0.05, 0.1) is 11.4 Å². The summed E-state index contributed by atoms with van der Waals surface area (Å²) in [6.07, 6.45) is 7.74. The number of aliphatic hydroxyl groups is 1. The molecular formula is C42H44Cl3N7O2. The van der Waals surface area contributed by atoms with Crippen molar-refractivity contribution >= 4 is 74.4 Å². The number of anilines is 2. The van der Waals surface area contributed by atoms with Gasteiger partial charge in [-0.2, -0.15) is 0 Å². The van der Waals surface area contributed by atoms with Gasteiger partial charge >= 0.3 is 0 Å². The van der Waals surface area contributed by atoms with Gasteiger partial charge in [0.1, 0.15) is 5.69 Å². The Labute approximate surface area is 331 Å². The van der Waals surface area contributed by atoms with Crippen molar-refractivity contribution in [1.82, 2.24) is 25.1 Å². The maximum absolute atomic E-state index is 14.8. The normalized spacial score (nSPS) is 17.4. The fourth-order valence-corrected chi connectivity index (χ4v) is 8.03. The zero-order valence-electron chi connectivity index (χ0n) is 30.5. The summed E-state index contributed by atoms with van der Waals surface area (Å²) in [5, 5.41) is 19.4. The second kappa shape index (κ2) is 16.6. The number of hydrogen-bond acceptors (Lipinski definition) is 7. The van der Waals surface area contributed by atoms with Crippen molar-refractivity contribution in [2.24, 2.45) is 5.92 Å². The minimum atomic E-state index is -0.713. The summed E-state index contributed by atoms with van der Waals surface area (Å²) in [5.41, 5.74) is 6.49. The van der Waals surface area contributed by atoms with Crippen LogP contribution in [0.4, 0.5) is 11.5 Å². The number of fused-ring (bicyclic) bond motifs is 1. The molecule has 0 saturated carbocycles. The molecule has 0 aliphatic carbocycles. The molecule has 280 valence electrons. The Bertz CT molecular complexity index is 2200. The molecule has 9 nitrogen and oxygen atoms in total. The molecule has 2 atom stereocenters. The lowest BCUT2D eigenvalue weighted by atomic mass is 9.87. The maximum Gasteiger partial charge on any atom is 0.272 e. The molecular weight excluding hydrogens is 741 g/mol. The Balaban J connectivity index is 1.32. The Hall–Kier alpha value is -4.35. The number of aromatic nitrogens is 2. The first-order valence-corrected chi connectivity index (χ1v) is 19.3. The van der Waals surface area contributed by atoms with E-state index in [0.29, 0.717) is 51.9 Å². The van der Waals surface area contributed by atoms with Gasteiger partial charge in [-0.3, -0.25) is 15.0 Å². The van der Waals surface area contributed by atoms with E-state index in [1.54, 1.807) is 17.2 Å². The number of rotatable bonds is 10. The van der Waals surface area contributed by atoms with E-state index < -0.39 is 6.35 Å². The van der Waals surface area contributed by atoms with Crippen LogP contribution in [-0.4, -0.2) is 70.4 Å². The summed E-state index contributed by atoms with van der Waals surface area (Å²) in [5.74, 6) is 0.508. The van der Waals surface area contributed by atoms with Crippen molar-refractivity contribution in [2.45, 2.75) is 45.1 Å². The summed E-state index contributed by atoms with van der Waals surface area (Å²) >= 11 is 19.7. The van der Waals surface area contributed by atoms with E-state index in [1.165, 1.54) is 0 Å². The number of halogens is 3. The molecule has 2 aromatic heterocycles. The van der Waals surface area contributed by atoms with Gasteiger partial charge < -0.3 is 25.2 Å². The van der Waals surface area contributed by atoms with E-state index in [1.807, 2.05) is 74.8 Å². The van der Waals surface area contributed by atoms with Gasteiger partial charge in [0.25, 0.3) is 5.91 Å². The Morgan fingerprint density at radius 2 is 1.74 bits per heavy atom. The Morgan fingerprint density at radius 3 is 2.48 bits per heavy atom. The third-order valence-electron chi connectivity index (χ3n) is 10.2. The summed E-state index contributed by atoms with van der Waals surface area (Å²) in [4.78, 5) is 29.1. The monoisotopic (exact) mass is 783 g/mol. The number of carbonyl (C=O) groups excluding carboxylic acids is 1. The van der Waals surface area contributed by atoms with Crippen molar-refractivity contribution in [2.75, 3.05) is 37.4 Å². The lowest BCUT2D eigenvalue weighted by molar-refractivity contribution is -0.00115. The number of nitrogens with one attached hydrogen (secondary N) is 3. The van der Waals surface area contributed by atoms with Crippen molar-refractivity contribution in [3.63, 3.8) is 0 Å². The smallest absolute Gasteiger partial charge is 0.272 e. The summed E-state index contributed by atoms with van der Waals surface area (Å²) < 4.78 is 0. The molecule has 3 aromatic carbocycles. The molecule has 0 radical (unpaired) electrons. The predicted molar refractivity (Wildman–Crippen MR) is 222 cm³/mol. The molecule has 2 unspecified atom stereocenters. The number of aromatic amines is 1. The summed E-state index contributed by atoms with van der Waals surface area (Å²) in [6, 6.07) is 25.5. The van der Waals surface area contributed by atoms with Crippen molar-refractivity contribution in [3.8, 4) is 0 Å². The number of piperidine rings is 1. The number of hydrogen-bond donors (Lipinski definition) is 4. The molecule has 54 heavy (non-hydrogen) atoms. The van der Waals surface area contributed by atoms with E-state index >= 15 is 0 Å². The highest BCUT2D eigenvalue weighted by molar-refractivity contribution is 6.35. The third kappa shape index (κ3) is 8.17. The van der Waals surface area contributed by atoms with Crippen LogP contribution in [0.25, 0.3) is 22.2 Å². The standard InChI is InChI=1S/C42H44Cl3N7O2/c1-26-9-8-20-52(25-28-13-14-29(43)23-33(28)45)39(36(26)27-10-5-4-6-11-27)37-32-16-15-30(44)24-35(32)48-38(37)41(53)49-34-12-7-19-46-40(34)51-21-17-31(18-22-51)47-42(54)50(2)3/h4-8,10-16,19-20,23-24,26,31,42,47-48,54H,9,17-18,21-22,25H2,1-3H3,(H,49,53). The maximum atomic E-state index is 14.8. The number of carbonyl (C=O) groups is 1. The molecule has 2 aliphatic heterocycles. The second-order valence-corrected chi connectivity index (χ2v) is 15.5. The van der Waals surface area contributed by atoms with Crippen molar-refractivity contribution in [1.29, 1.82) is 0 Å². The van der Waals surface area contributed by atoms with Crippen LogP contribution < -0.4 is 15.5 Å². The van der Waals surface area contributed by atoms with Crippen LogP contribution >= 0.6 is 34.8 Å². The van der Waals surface area contributed by atoms with E-state index in [2.05, 4.69) is 56.7 Å². The van der Waals surface area contributed by atoms with Gasteiger partial charge in [-0.1, -0.05) is 90.3 Å². The zero-order chi connectivity index (χ0) is 37.9. The zero-order valence-corrected chi connectivity index (χ0v) is 32.8. The van der Waals surface area contributed by atoms with Gasteiger partial charge in [0, 0.05) is 69.6 Å². The molecule has 2 aliphatic rings. The van der Waals surface area contributed by atoms with Gasteiger partial charge in [-0.15, -0.1) is 0 Å². The first-order chi connectivity index (χ1) is 26.1. The van der Waals surface area contributed by atoms with Gasteiger partial charge in [0.2, 0.25) is 0 Å².